The molecule has 0 radical (unpaired) electrons. The molecule has 0 saturated carbocycles. The summed E-state index contributed by atoms with van der Waals surface area (Å²) in [4.78, 5) is 25.3. The third kappa shape index (κ3) is 4.64. The number of hydrogen-bond acceptors (Lipinski definition) is 2. The Kier molecular flexibility index (Phi) is 6.21. The van der Waals surface area contributed by atoms with Gasteiger partial charge in [0.2, 0.25) is 0 Å². The van der Waals surface area contributed by atoms with Gasteiger partial charge < -0.3 is 10.6 Å². The molecule has 3 aromatic carbocycles. The van der Waals surface area contributed by atoms with Crippen molar-refractivity contribution in [3.05, 3.63) is 99.8 Å². The molecule has 0 aliphatic rings. The smallest absolute Gasteiger partial charge is 0.256 e. The number of carbonyl (C=O) groups is 2. The molecule has 2 amide bonds. The molecule has 3 aromatic rings. The molecule has 2 N–H and O–H groups in total. The van der Waals surface area contributed by atoms with Crippen LogP contribution in [0, 0.1) is 5.82 Å². The number of benzene rings is 3. The molecular weight excluding hydrogens is 423 g/mol. The van der Waals surface area contributed by atoms with Crippen molar-refractivity contribution in [1.29, 1.82) is 0 Å². The molecular formula is C22H18BrFN2O2. The number of amides is 2. The predicted molar refractivity (Wildman–Crippen MR) is 111 cm³/mol. The number of anilines is 1. The van der Waals surface area contributed by atoms with Crippen LogP contribution in [0.1, 0.15) is 39.2 Å². The van der Waals surface area contributed by atoms with Crippen LogP contribution >= 0.6 is 15.9 Å². The Morgan fingerprint density at radius 1 is 0.857 bits per heavy atom. The molecule has 0 aromatic heterocycles. The second-order valence-corrected chi connectivity index (χ2v) is 7.08. The van der Waals surface area contributed by atoms with Crippen molar-refractivity contribution >= 4 is 33.4 Å². The van der Waals surface area contributed by atoms with E-state index in [2.05, 4.69) is 26.6 Å². The van der Waals surface area contributed by atoms with Crippen LogP contribution in [-0.2, 0) is 0 Å². The van der Waals surface area contributed by atoms with Gasteiger partial charge in [0.05, 0.1) is 22.9 Å². The summed E-state index contributed by atoms with van der Waals surface area (Å²) in [5, 5.41) is 5.66. The molecule has 142 valence electrons. The van der Waals surface area contributed by atoms with Gasteiger partial charge in [0.25, 0.3) is 11.8 Å². The van der Waals surface area contributed by atoms with Crippen LogP contribution in [-0.4, -0.2) is 11.8 Å². The third-order valence-electron chi connectivity index (χ3n) is 4.26. The van der Waals surface area contributed by atoms with Crippen molar-refractivity contribution in [3.63, 3.8) is 0 Å². The first-order valence-electron chi connectivity index (χ1n) is 8.67. The fourth-order valence-electron chi connectivity index (χ4n) is 2.73. The maximum atomic E-state index is 13.1. The van der Waals surface area contributed by atoms with Crippen LogP contribution in [0.5, 0.6) is 0 Å². The van der Waals surface area contributed by atoms with Crippen LogP contribution in [0.25, 0.3) is 0 Å². The largest absolute Gasteiger partial charge is 0.345 e. The van der Waals surface area contributed by atoms with Gasteiger partial charge in [0.1, 0.15) is 5.82 Å². The lowest BCUT2D eigenvalue weighted by Gasteiger charge is -2.16. The highest BCUT2D eigenvalue weighted by molar-refractivity contribution is 9.10. The van der Waals surface area contributed by atoms with Crippen molar-refractivity contribution in [2.75, 3.05) is 5.32 Å². The van der Waals surface area contributed by atoms with Gasteiger partial charge in [0, 0.05) is 4.47 Å². The van der Waals surface area contributed by atoms with Crippen molar-refractivity contribution in [2.45, 2.75) is 13.0 Å². The summed E-state index contributed by atoms with van der Waals surface area (Å²) < 4.78 is 13.8. The number of halogens is 2. The van der Waals surface area contributed by atoms with Gasteiger partial charge in [-0.15, -0.1) is 0 Å². The Morgan fingerprint density at radius 2 is 1.46 bits per heavy atom. The minimum Gasteiger partial charge on any atom is -0.345 e. The Morgan fingerprint density at radius 3 is 2.14 bits per heavy atom. The molecule has 0 spiro atoms. The summed E-state index contributed by atoms with van der Waals surface area (Å²) in [5.41, 5.74) is 2.01. The molecule has 0 fully saturated rings. The Hall–Kier alpha value is -2.99. The summed E-state index contributed by atoms with van der Waals surface area (Å²) in [6.45, 7) is 1.81. The Bertz CT molecular complexity index is 1010. The lowest BCUT2D eigenvalue weighted by atomic mass is 10.1. The van der Waals surface area contributed by atoms with Gasteiger partial charge in [-0.3, -0.25) is 9.59 Å². The van der Waals surface area contributed by atoms with Crippen LogP contribution in [0.3, 0.4) is 0 Å². The fraction of sp³-hybridized carbons (Fsp3) is 0.0909. The zero-order chi connectivity index (χ0) is 20.1. The van der Waals surface area contributed by atoms with E-state index >= 15 is 0 Å². The van der Waals surface area contributed by atoms with E-state index in [0.717, 1.165) is 5.56 Å². The zero-order valence-electron chi connectivity index (χ0n) is 15.1. The van der Waals surface area contributed by atoms with Crippen molar-refractivity contribution < 1.29 is 14.0 Å². The summed E-state index contributed by atoms with van der Waals surface area (Å²) in [6.07, 6.45) is 0. The lowest BCUT2D eigenvalue weighted by molar-refractivity contribution is 0.0941. The van der Waals surface area contributed by atoms with Crippen molar-refractivity contribution in [3.8, 4) is 0 Å². The first-order chi connectivity index (χ1) is 13.5. The molecule has 0 aliphatic heterocycles. The monoisotopic (exact) mass is 440 g/mol. The predicted octanol–water partition coefficient (Wildman–Crippen LogP) is 5.33. The second-order valence-electron chi connectivity index (χ2n) is 6.23. The molecule has 4 nitrogen and oxygen atoms in total. The van der Waals surface area contributed by atoms with Gasteiger partial charge in [-0.2, -0.15) is 0 Å². The van der Waals surface area contributed by atoms with E-state index in [4.69, 9.17) is 0 Å². The molecule has 1 unspecified atom stereocenters. The van der Waals surface area contributed by atoms with E-state index in [0.29, 0.717) is 21.3 Å². The second kappa shape index (κ2) is 8.80. The van der Waals surface area contributed by atoms with Gasteiger partial charge in [-0.05, 0) is 64.8 Å². The molecule has 0 aliphatic carbocycles. The maximum absolute atomic E-state index is 13.1. The molecule has 0 bridgehead atoms. The average Bonchev–Trinajstić information content (AvgIpc) is 2.69. The van der Waals surface area contributed by atoms with Gasteiger partial charge >= 0.3 is 0 Å². The normalized spacial score (nSPS) is 11.5. The van der Waals surface area contributed by atoms with Crippen LogP contribution < -0.4 is 10.6 Å². The molecule has 0 heterocycles. The summed E-state index contributed by atoms with van der Waals surface area (Å²) in [7, 11) is 0. The Balaban J connectivity index is 1.77. The van der Waals surface area contributed by atoms with E-state index in [1.165, 1.54) is 12.1 Å². The SMILES string of the molecule is CC(NC(=O)c1ccccc1NC(=O)c1ccccc1Br)c1ccc(F)cc1. The zero-order valence-corrected chi connectivity index (χ0v) is 16.7. The number of hydrogen-bond donors (Lipinski definition) is 2. The minimum atomic E-state index is -0.333. The molecule has 3 rings (SSSR count). The fourth-order valence-corrected chi connectivity index (χ4v) is 3.20. The summed E-state index contributed by atoms with van der Waals surface area (Å²) in [5.74, 6) is -0.985. The van der Waals surface area contributed by atoms with E-state index in [-0.39, 0.29) is 23.7 Å². The lowest BCUT2D eigenvalue weighted by Crippen LogP contribution is -2.28. The number of nitrogens with one attached hydrogen (secondary N) is 2. The summed E-state index contributed by atoms with van der Waals surface area (Å²) in [6, 6.07) is 19.5. The standard InChI is InChI=1S/C22H18BrFN2O2/c1-14(15-10-12-16(24)13-11-15)25-22(28)18-7-3-5-9-20(18)26-21(27)17-6-2-4-8-19(17)23/h2-14H,1H3,(H,25,28)(H,26,27). The van der Waals surface area contributed by atoms with E-state index < -0.39 is 0 Å². The Labute approximate surface area is 170 Å². The highest BCUT2D eigenvalue weighted by Crippen LogP contribution is 2.21. The highest BCUT2D eigenvalue weighted by atomic mass is 79.9. The van der Waals surface area contributed by atoms with E-state index in [1.807, 2.05) is 13.0 Å². The maximum Gasteiger partial charge on any atom is 0.256 e. The number of rotatable bonds is 5. The van der Waals surface area contributed by atoms with Crippen LogP contribution in [0.4, 0.5) is 10.1 Å². The molecule has 6 heteroatoms. The number of para-hydroxylation sites is 1. The highest BCUT2D eigenvalue weighted by Gasteiger charge is 2.17. The first kappa shape index (κ1) is 19.8. The van der Waals surface area contributed by atoms with Gasteiger partial charge in [-0.25, -0.2) is 4.39 Å². The van der Waals surface area contributed by atoms with E-state index in [1.54, 1.807) is 54.6 Å². The van der Waals surface area contributed by atoms with E-state index in [9.17, 15) is 14.0 Å². The average molecular weight is 441 g/mol. The van der Waals surface area contributed by atoms with Crippen LogP contribution in [0.2, 0.25) is 0 Å². The molecule has 1 atom stereocenters. The molecule has 0 saturated heterocycles. The van der Waals surface area contributed by atoms with Gasteiger partial charge in [-0.1, -0.05) is 36.4 Å². The number of carbonyl (C=O) groups excluding carboxylic acids is 2. The third-order valence-corrected chi connectivity index (χ3v) is 4.95. The molecule has 28 heavy (non-hydrogen) atoms. The van der Waals surface area contributed by atoms with Crippen molar-refractivity contribution in [1.82, 2.24) is 5.32 Å². The van der Waals surface area contributed by atoms with Crippen LogP contribution in [0.15, 0.2) is 77.3 Å². The van der Waals surface area contributed by atoms with Gasteiger partial charge in [0.15, 0.2) is 0 Å². The quantitative estimate of drug-likeness (QED) is 0.562. The minimum absolute atomic E-state index is 0.319. The topological polar surface area (TPSA) is 58.2 Å². The summed E-state index contributed by atoms with van der Waals surface area (Å²) >= 11 is 3.35. The van der Waals surface area contributed by atoms with Crippen molar-refractivity contribution in [2.24, 2.45) is 0 Å². The first-order valence-corrected chi connectivity index (χ1v) is 9.46.